The van der Waals surface area contributed by atoms with Gasteiger partial charge in [-0.15, -0.1) is 0 Å². The molecule has 4 nitrogen and oxygen atoms in total. The molecule has 0 radical (unpaired) electrons. The highest BCUT2D eigenvalue weighted by molar-refractivity contribution is 5.38. The first-order valence-electron chi connectivity index (χ1n) is 12.3. The van der Waals surface area contributed by atoms with E-state index in [1.807, 2.05) is 31.2 Å². The Balaban J connectivity index is 1.20. The normalized spacial score (nSPS) is 16.8. The van der Waals surface area contributed by atoms with Crippen molar-refractivity contribution in [3.8, 4) is 5.75 Å². The molecule has 3 aromatic rings. The third-order valence-corrected chi connectivity index (χ3v) is 6.77. The summed E-state index contributed by atoms with van der Waals surface area (Å²) in [5.74, 6) is 0.494. The summed E-state index contributed by atoms with van der Waals surface area (Å²) >= 11 is 0. The van der Waals surface area contributed by atoms with Crippen LogP contribution in [-0.2, 0) is 12.1 Å². The maximum absolute atomic E-state index is 13.3. The van der Waals surface area contributed by atoms with E-state index in [4.69, 9.17) is 4.74 Å². The number of rotatable bonds is 10. The van der Waals surface area contributed by atoms with Crippen LogP contribution < -0.4 is 4.74 Å². The van der Waals surface area contributed by atoms with Crippen molar-refractivity contribution in [2.24, 2.45) is 0 Å². The molecule has 1 aliphatic rings. The van der Waals surface area contributed by atoms with Gasteiger partial charge in [-0.05, 0) is 53.8 Å². The van der Waals surface area contributed by atoms with Crippen LogP contribution in [0.2, 0.25) is 0 Å². The molecule has 0 spiro atoms. The van der Waals surface area contributed by atoms with Crippen molar-refractivity contribution >= 4 is 0 Å². The summed E-state index contributed by atoms with van der Waals surface area (Å²) in [5, 5.41) is 11.2. The molecule has 1 fully saturated rings. The Morgan fingerprint density at radius 1 is 0.824 bits per heavy atom. The summed E-state index contributed by atoms with van der Waals surface area (Å²) in [6.45, 7) is 9.06. The third kappa shape index (κ3) is 6.23. The molecule has 180 valence electrons. The summed E-state index contributed by atoms with van der Waals surface area (Å²) < 4.78 is 19.2. The first-order valence-corrected chi connectivity index (χ1v) is 12.3. The maximum Gasteiger partial charge on any atom is 0.123 e. The third-order valence-electron chi connectivity index (χ3n) is 6.77. The van der Waals surface area contributed by atoms with Gasteiger partial charge in [-0.25, -0.2) is 4.39 Å². The monoisotopic (exact) mass is 462 g/mol. The Bertz CT molecular complexity index is 1000. The molecule has 0 bridgehead atoms. The van der Waals surface area contributed by atoms with Crippen LogP contribution in [0.1, 0.15) is 36.5 Å². The Labute approximate surface area is 202 Å². The minimum absolute atomic E-state index is 0.306. The Hall–Kier alpha value is -2.73. The average molecular weight is 463 g/mol. The summed E-state index contributed by atoms with van der Waals surface area (Å²) in [6.07, 6.45) is 1.48. The molecule has 1 unspecified atom stereocenters. The van der Waals surface area contributed by atoms with E-state index in [2.05, 4.69) is 40.1 Å². The number of hydrogen-bond donors (Lipinski definition) is 1. The second kappa shape index (κ2) is 11.6. The van der Waals surface area contributed by atoms with Gasteiger partial charge < -0.3 is 14.7 Å². The minimum Gasteiger partial charge on any atom is -0.494 e. The largest absolute Gasteiger partial charge is 0.494 e. The molecule has 4 rings (SSSR count). The van der Waals surface area contributed by atoms with E-state index in [0.29, 0.717) is 18.6 Å². The van der Waals surface area contributed by atoms with Gasteiger partial charge in [-0.3, -0.25) is 4.90 Å². The summed E-state index contributed by atoms with van der Waals surface area (Å²) in [6, 6.07) is 24.3. The Kier molecular flexibility index (Phi) is 8.33. The average Bonchev–Trinajstić information content (AvgIpc) is 2.88. The molecule has 0 saturated carbocycles. The molecule has 1 N–H and O–H groups in total. The molecule has 0 amide bonds. The highest BCUT2D eigenvalue weighted by Gasteiger charge is 2.29. The second-order valence-corrected chi connectivity index (χ2v) is 9.05. The van der Waals surface area contributed by atoms with Gasteiger partial charge in [0.05, 0.1) is 6.61 Å². The van der Waals surface area contributed by atoms with Crippen LogP contribution in [0.4, 0.5) is 4.39 Å². The zero-order valence-electron chi connectivity index (χ0n) is 20.0. The number of hydrogen-bond acceptors (Lipinski definition) is 4. The molecular formula is C29H35FN2O2. The van der Waals surface area contributed by atoms with Crippen LogP contribution >= 0.6 is 0 Å². The molecule has 1 saturated heterocycles. The zero-order chi connectivity index (χ0) is 23.8. The van der Waals surface area contributed by atoms with E-state index in [0.717, 1.165) is 57.0 Å². The minimum atomic E-state index is -1.14. The lowest BCUT2D eigenvalue weighted by atomic mass is 9.84. The highest BCUT2D eigenvalue weighted by atomic mass is 19.1. The molecule has 34 heavy (non-hydrogen) atoms. The molecule has 0 aromatic heterocycles. The van der Waals surface area contributed by atoms with E-state index >= 15 is 0 Å². The molecule has 1 heterocycles. The fourth-order valence-electron chi connectivity index (χ4n) is 4.62. The first kappa shape index (κ1) is 24.4. The molecular weight excluding hydrogens is 427 g/mol. The molecule has 3 aromatic carbocycles. The van der Waals surface area contributed by atoms with E-state index < -0.39 is 5.60 Å². The van der Waals surface area contributed by atoms with Gasteiger partial charge in [0.2, 0.25) is 0 Å². The number of piperazine rings is 1. The number of halogens is 1. The van der Waals surface area contributed by atoms with Crippen molar-refractivity contribution in [1.82, 2.24) is 9.80 Å². The number of benzene rings is 3. The molecule has 1 atom stereocenters. The van der Waals surface area contributed by atoms with Crippen molar-refractivity contribution in [1.29, 1.82) is 0 Å². The van der Waals surface area contributed by atoms with Crippen LogP contribution in [0, 0.1) is 5.82 Å². The highest BCUT2D eigenvalue weighted by Crippen LogP contribution is 2.33. The standard InChI is InChI=1S/C29H35FN2O2/c1-2-29(33,25-9-13-27(30)14-10-25)26-11-15-28(16-12-26)34-22-6-17-31-18-20-32(21-19-31)23-24-7-4-3-5-8-24/h3-5,7-16,33H,2,6,17-23H2,1H3. The van der Waals surface area contributed by atoms with Crippen molar-refractivity contribution in [3.05, 3.63) is 101 Å². The number of nitrogens with zero attached hydrogens (tertiary/aromatic N) is 2. The summed E-state index contributed by atoms with van der Waals surface area (Å²) in [4.78, 5) is 5.03. The van der Waals surface area contributed by atoms with E-state index in [1.54, 1.807) is 12.1 Å². The van der Waals surface area contributed by atoms with Gasteiger partial charge in [-0.2, -0.15) is 0 Å². The lowest BCUT2D eigenvalue weighted by Gasteiger charge is -2.34. The zero-order valence-corrected chi connectivity index (χ0v) is 20.0. The fraction of sp³-hybridized carbons (Fsp3) is 0.379. The van der Waals surface area contributed by atoms with Crippen LogP contribution in [0.25, 0.3) is 0 Å². The van der Waals surface area contributed by atoms with E-state index in [1.165, 1.54) is 17.7 Å². The topological polar surface area (TPSA) is 35.9 Å². The fourth-order valence-corrected chi connectivity index (χ4v) is 4.62. The maximum atomic E-state index is 13.3. The second-order valence-electron chi connectivity index (χ2n) is 9.05. The van der Waals surface area contributed by atoms with Gasteiger partial charge in [0.1, 0.15) is 17.2 Å². The SMILES string of the molecule is CCC(O)(c1ccc(F)cc1)c1ccc(OCCCN2CCN(Cc3ccccc3)CC2)cc1. The van der Waals surface area contributed by atoms with Crippen molar-refractivity contribution in [3.63, 3.8) is 0 Å². The first-order chi connectivity index (χ1) is 16.6. The van der Waals surface area contributed by atoms with E-state index in [-0.39, 0.29) is 5.82 Å². The molecule has 5 heteroatoms. The van der Waals surface area contributed by atoms with Gasteiger partial charge in [-0.1, -0.05) is 61.5 Å². The number of ether oxygens (including phenoxy) is 1. The molecule has 0 aliphatic carbocycles. The van der Waals surface area contributed by atoms with Crippen LogP contribution in [0.5, 0.6) is 5.75 Å². The smallest absolute Gasteiger partial charge is 0.123 e. The molecule has 1 aliphatic heterocycles. The summed E-state index contributed by atoms with van der Waals surface area (Å²) in [5.41, 5.74) is 1.70. The predicted molar refractivity (Wildman–Crippen MR) is 134 cm³/mol. The van der Waals surface area contributed by atoms with Crippen molar-refractivity contribution < 1.29 is 14.2 Å². The quantitative estimate of drug-likeness (QED) is 0.428. The van der Waals surface area contributed by atoms with Gasteiger partial charge >= 0.3 is 0 Å². The van der Waals surface area contributed by atoms with Crippen LogP contribution in [0.15, 0.2) is 78.9 Å². The lowest BCUT2D eigenvalue weighted by molar-refractivity contribution is 0.0764. The van der Waals surface area contributed by atoms with Crippen molar-refractivity contribution in [2.75, 3.05) is 39.3 Å². The van der Waals surface area contributed by atoms with E-state index in [9.17, 15) is 9.50 Å². The van der Waals surface area contributed by atoms with Crippen LogP contribution in [-0.4, -0.2) is 54.2 Å². The number of aliphatic hydroxyl groups is 1. The Morgan fingerprint density at radius 2 is 1.41 bits per heavy atom. The summed E-state index contributed by atoms with van der Waals surface area (Å²) in [7, 11) is 0. The van der Waals surface area contributed by atoms with Crippen molar-refractivity contribution in [2.45, 2.75) is 31.9 Å². The lowest BCUT2D eigenvalue weighted by Crippen LogP contribution is -2.46. The van der Waals surface area contributed by atoms with Gasteiger partial charge in [0.25, 0.3) is 0 Å². The predicted octanol–water partition coefficient (Wildman–Crippen LogP) is 5.06. The Morgan fingerprint density at radius 3 is 2.03 bits per heavy atom. The van der Waals surface area contributed by atoms with Gasteiger partial charge in [0.15, 0.2) is 0 Å². The van der Waals surface area contributed by atoms with Gasteiger partial charge in [0, 0.05) is 39.3 Å². The van der Waals surface area contributed by atoms with Crippen LogP contribution in [0.3, 0.4) is 0 Å².